The molecule has 1 atom stereocenters. The number of aryl methyl sites for hydroxylation is 1. The molecule has 0 saturated carbocycles. The maximum absolute atomic E-state index is 12.6. The Balaban J connectivity index is 1.72. The van der Waals surface area contributed by atoms with Crippen molar-refractivity contribution in [3.63, 3.8) is 0 Å². The molecule has 0 bridgehead atoms. The number of alkyl halides is 3. The zero-order valence-electron chi connectivity index (χ0n) is 17.8. The van der Waals surface area contributed by atoms with Gasteiger partial charge in [0.25, 0.3) is 5.91 Å². The van der Waals surface area contributed by atoms with Gasteiger partial charge in [-0.15, -0.1) is 13.2 Å². The van der Waals surface area contributed by atoms with Crippen molar-refractivity contribution in [3.8, 4) is 11.8 Å². The Bertz CT molecular complexity index is 1040. The van der Waals surface area contributed by atoms with Gasteiger partial charge in [0.2, 0.25) is 0 Å². The molecular formula is C23H24F3N3O3. The molecule has 9 heteroatoms. The highest BCUT2D eigenvalue weighted by Crippen LogP contribution is 2.26. The molecule has 6 nitrogen and oxygen atoms in total. The van der Waals surface area contributed by atoms with Gasteiger partial charge in [-0.3, -0.25) is 4.79 Å². The first-order chi connectivity index (χ1) is 15.2. The van der Waals surface area contributed by atoms with Gasteiger partial charge in [-0.25, -0.2) is 0 Å². The number of nitrogens with zero attached hydrogens (tertiary/aromatic N) is 2. The second-order valence-corrected chi connectivity index (χ2v) is 7.58. The van der Waals surface area contributed by atoms with Crippen LogP contribution in [0.3, 0.4) is 0 Å². The van der Waals surface area contributed by atoms with E-state index in [0.29, 0.717) is 6.54 Å². The number of carbonyl (C=O) groups excluding carboxylic acids is 1. The van der Waals surface area contributed by atoms with E-state index in [1.165, 1.54) is 30.3 Å². The smallest absolute Gasteiger partial charge is 0.405 e. The number of para-hydroxylation sites is 1. The average Bonchev–Trinajstić information content (AvgIpc) is 3.34. The molecular weight excluding hydrogens is 423 g/mol. The first kappa shape index (κ1) is 23.4. The molecule has 170 valence electrons. The monoisotopic (exact) mass is 447 g/mol. The van der Waals surface area contributed by atoms with E-state index < -0.39 is 18.0 Å². The number of ether oxygens (including phenoxy) is 2. The third-order valence-corrected chi connectivity index (χ3v) is 5.33. The van der Waals surface area contributed by atoms with Gasteiger partial charge in [0.05, 0.1) is 6.10 Å². The van der Waals surface area contributed by atoms with Crippen molar-refractivity contribution >= 4 is 12.0 Å². The maximum atomic E-state index is 12.6. The quantitative estimate of drug-likeness (QED) is 0.504. The standard InChI is InChI=1S/C23H24F3N3O3/c1-15-10-18(16(2)29(15)14-20-7-5-9-31-20)11-19(12-27)22(30)28-13-17-6-3-4-8-21(17)32-23(24,25)26/h3-4,6,8,10-11,20H,5,7,9,13-14H2,1-2H3,(H,28,30)/b19-11+. The van der Waals surface area contributed by atoms with Crippen molar-refractivity contribution in [1.82, 2.24) is 9.88 Å². The van der Waals surface area contributed by atoms with E-state index in [9.17, 15) is 23.2 Å². The van der Waals surface area contributed by atoms with Gasteiger partial charge >= 0.3 is 6.36 Å². The van der Waals surface area contributed by atoms with Crippen molar-refractivity contribution in [2.45, 2.75) is 52.2 Å². The number of amides is 1. The summed E-state index contributed by atoms with van der Waals surface area (Å²) in [6, 6.07) is 9.28. The predicted molar refractivity (Wildman–Crippen MR) is 111 cm³/mol. The van der Waals surface area contributed by atoms with Crippen LogP contribution in [-0.2, 0) is 22.6 Å². The molecule has 1 aliphatic heterocycles. The first-order valence-electron chi connectivity index (χ1n) is 10.2. The van der Waals surface area contributed by atoms with Crippen LogP contribution in [0, 0.1) is 25.2 Å². The molecule has 0 aliphatic carbocycles. The summed E-state index contributed by atoms with van der Waals surface area (Å²) in [4.78, 5) is 12.5. The van der Waals surface area contributed by atoms with Crippen LogP contribution in [0.25, 0.3) is 6.08 Å². The van der Waals surface area contributed by atoms with E-state index in [0.717, 1.165) is 36.4 Å². The topological polar surface area (TPSA) is 76.3 Å². The molecule has 1 aromatic heterocycles. The minimum atomic E-state index is -4.84. The van der Waals surface area contributed by atoms with Crippen LogP contribution in [0.15, 0.2) is 35.9 Å². The number of nitriles is 1. The lowest BCUT2D eigenvalue weighted by Gasteiger charge is -2.14. The highest BCUT2D eigenvalue weighted by molar-refractivity contribution is 6.01. The van der Waals surface area contributed by atoms with Crippen LogP contribution in [0.1, 0.15) is 35.4 Å². The lowest BCUT2D eigenvalue weighted by molar-refractivity contribution is -0.274. The molecule has 1 amide bonds. The fourth-order valence-electron chi connectivity index (χ4n) is 3.70. The number of nitrogens with one attached hydrogen (secondary N) is 1. The molecule has 1 fully saturated rings. The third-order valence-electron chi connectivity index (χ3n) is 5.33. The minimum Gasteiger partial charge on any atom is -0.405 e. The Morgan fingerprint density at radius 1 is 1.38 bits per heavy atom. The summed E-state index contributed by atoms with van der Waals surface area (Å²) in [5, 5.41) is 12.0. The Kier molecular flexibility index (Phi) is 7.26. The van der Waals surface area contributed by atoms with Crippen LogP contribution in [0.5, 0.6) is 5.75 Å². The van der Waals surface area contributed by atoms with E-state index in [1.807, 2.05) is 26.0 Å². The van der Waals surface area contributed by atoms with E-state index in [-0.39, 0.29) is 23.8 Å². The van der Waals surface area contributed by atoms with Gasteiger partial charge < -0.3 is 19.4 Å². The first-order valence-corrected chi connectivity index (χ1v) is 10.2. The van der Waals surface area contributed by atoms with Crippen LogP contribution in [0.2, 0.25) is 0 Å². The Morgan fingerprint density at radius 3 is 2.78 bits per heavy atom. The van der Waals surface area contributed by atoms with Crippen LogP contribution < -0.4 is 10.1 Å². The fourth-order valence-corrected chi connectivity index (χ4v) is 3.70. The van der Waals surface area contributed by atoms with Crippen molar-refractivity contribution < 1.29 is 27.4 Å². The highest BCUT2D eigenvalue weighted by atomic mass is 19.4. The SMILES string of the molecule is Cc1cc(/C=C(\C#N)C(=O)NCc2ccccc2OC(F)(F)F)c(C)n1CC1CCCO1. The van der Waals surface area contributed by atoms with Gasteiger partial charge in [-0.2, -0.15) is 5.26 Å². The van der Waals surface area contributed by atoms with Gasteiger partial charge in [-0.05, 0) is 50.5 Å². The number of aromatic nitrogens is 1. The fraction of sp³-hybridized carbons (Fsp3) is 0.391. The molecule has 0 spiro atoms. The second-order valence-electron chi connectivity index (χ2n) is 7.58. The van der Waals surface area contributed by atoms with Crippen LogP contribution >= 0.6 is 0 Å². The largest absolute Gasteiger partial charge is 0.573 e. The van der Waals surface area contributed by atoms with Crippen molar-refractivity contribution in [1.29, 1.82) is 5.26 Å². The van der Waals surface area contributed by atoms with Crippen molar-refractivity contribution in [3.05, 3.63) is 58.4 Å². The number of hydrogen-bond donors (Lipinski definition) is 1. The van der Waals surface area contributed by atoms with E-state index >= 15 is 0 Å². The zero-order chi connectivity index (χ0) is 23.3. The summed E-state index contributed by atoms with van der Waals surface area (Å²) in [6.07, 6.45) is -1.18. The summed E-state index contributed by atoms with van der Waals surface area (Å²) in [5.74, 6) is -1.08. The van der Waals surface area contributed by atoms with E-state index in [2.05, 4.69) is 14.6 Å². The summed E-state index contributed by atoms with van der Waals surface area (Å²) in [7, 11) is 0. The number of rotatable bonds is 7. The summed E-state index contributed by atoms with van der Waals surface area (Å²) >= 11 is 0. The molecule has 2 heterocycles. The summed E-state index contributed by atoms with van der Waals surface area (Å²) in [5.41, 5.74) is 2.62. The van der Waals surface area contributed by atoms with Gasteiger partial charge in [-0.1, -0.05) is 18.2 Å². The molecule has 0 radical (unpaired) electrons. The highest BCUT2D eigenvalue weighted by Gasteiger charge is 2.32. The second kappa shape index (κ2) is 9.92. The Hall–Kier alpha value is -3.25. The zero-order valence-corrected chi connectivity index (χ0v) is 17.8. The van der Waals surface area contributed by atoms with Crippen molar-refractivity contribution in [2.75, 3.05) is 6.61 Å². The van der Waals surface area contributed by atoms with Crippen LogP contribution in [0.4, 0.5) is 13.2 Å². The number of benzene rings is 1. The summed E-state index contributed by atoms with van der Waals surface area (Å²) < 4.78 is 49.5. The number of carbonyl (C=O) groups is 1. The van der Waals surface area contributed by atoms with Gasteiger partial charge in [0, 0.05) is 36.6 Å². The summed E-state index contributed by atoms with van der Waals surface area (Å²) in [6.45, 7) is 5.10. The van der Waals surface area contributed by atoms with Crippen LogP contribution in [-0.4, -0.2) is 29.5 Å². The molecule has 1 aliphatic rings. The van der Waals surface area contributed by atoms with Crippen molar-refractivity contribution in [2.24, 2.45) is 0 Å². The molecule has 32 heavy (non-hydrogen) atoms. The number of hydrogen-bond acceptors (Lipinski definition) is 4. The minimum absolute atomic E-state index is 0.142. The lowest BCUT2D eigenvalue weighted by atomic mass is 10.1. The van der Waals surface area contributed by atoms with Gasteiger partial charge in [0.1, 0.15) is 17.4 Å². The molecule has 1 N–H and O–H groups in total. The molecule has 1 aromatic carbocycles. The normalized spacial score (nSPS) is 16.6. The Labute approximate surface area is 184 Å². The Morgan fingerprint density at radius 2 is 2.12 bits per heavy atom. The molecule has 2 aromatic rings. The van der Waals surface area contributed by atoms with Gasteiger partial charge in [0.15, 0.2) is 0 Å². The predicted octanol–water partition coefficient (Wildman–Crippen LogP) is 4.41. The maximum Gasteiger partial charge on any atom is 0.573 e. The average molecular weight is 447 g/mol. The lowest BCUT2D eigenvalue weighted by Crippen LogP contribution is -2.25. The molecule has 1 unspecified atom stereocenters. The third kappa shape index (κ3) is 5.92. The molecule has 1 saturated heterocycles. The van der Waals surface area contributed by atoms with E-state index in [1.54, 1.807) is 0 Å². The number of halogens is 3. The van der Waals surface area contributed by atoms with E-state index in [4.69, 9.17) is 4.74 Å². The molecule has 3 rings (SSSR count).